The maximum absolute atomic E-state index is 12.3. The van der Waals surface area contributed by atoms with E-state index in [0.717, 1.165) is 15.2 Å². The molecule has 25 heavy (non-hydrogen) atoms. The van der Waals surface area contributed by atoms with Gasteiger partial charge in [0.2, 0.25) is 0 Å². The Morgan fingerprint density at radius 1 is 1.12 bits per heavy atom. The number of fused-ring (bicyclic) bond motifs is 1. The predicted molar refractivity (Wildman–Crippen MR) is 98.8 cm³/mol. The normalized spacial score (nSPS) is 11.4. The van der Waals surface area contributed by atoms with Gasteiger partial charge < -0.3 is 9.47 Å². The third-order valence-electron chi connectivity index (χ3n) is 3.54. The molecule has 0 radical (unpaired) electrons. The summed E-state index contributed by atoms with van der Waals surface area (Å²) < 4.78 is 11.4. The quantitative estimate of drug-likeness (QED) is 0.562. The SMILES string of the molecule is COc1cc(OC)cc(C(=O)N/N=C(/C)c2nc3ccccc3s2)c1. The van der Waals surface area contributed by atoms with Gasteiger partial charge >= 0.3 is 0 Å². The molecule has 0 saturated heterocycles. The number of para-hydroxylation sites is 1. The van der Waals surface area contributed by atoms with Crippen molar-refractivity contribution in [2.24, 2.45) is 5.10 Å². The number of amides is 1. The fourth-order valence-corrected chi connectivity index (χ4v) is 3.12. The minimum absolute atomic E-state index is 0.349. The van der Waals surface area contributed by atoms with Gasteiger partial charge in [0.15, 0.2) is 0 Å². The number of rotatable bonds is 5. The molecule has 128 valence electrons. The Morgan fingerprint density at radius 3 is 2.44 bits per heavy atom. The molecule has 1 aromatic heterocycles. The van der Waals surface area contributed by atoms with Gasteiger partial charge in [0.1, 0.15) is 16.5 Å². The van der Waals surface area contributed by atoms with Crippen LogP contribution in [0.25, 0.3) is 10.2 Å². The number of carbonyl (C=O) groups is 1. The van der Waals surface area contributed by atoms with Crippen LogP contribution in [0.15, 0.2) is 47.6 Å². The first kappa shape index (κ1) is 16.9. The van der Waals surface area contributed by atoms with Gasteiger partial charge in [0.25, 0.3) is 5.91 Å². The number of nitrogens with one attached hydrogen (secondary N) is 1. The number of nitrogens with zero attached hydrogens (tertiary/aromatic N) is 2. The van der Waals surface area contributed by atoms with Crippen LogP contribution in [0.3, 0.4) is 0 Å². The minimum atomic E-state index is -0.349. The Labute approximate surface area is 149 Å². The zero-order valence-corrected chi connectivity index (χ0v) is 14.9. The van der Waals surface area contributed by atoms with E-state index in [9.17, 15) is 4.79 Å². The third-order valence-corrected chi connectivity index (χ3v) is 4.69. The summed E-state index contributed by atoms with van der Waals surface area (Å²) in [5.74, 6) is 0.727. The summed E-state index contributed by atoms with van der Waals surface area (Å²) in [7, 11) is 3.07. The van der Waals surface area contributed by atoms with Crippen LogP contribution in [-0.4, -0.2) is 30.8 Å². The summed E-state index contributed by atoms with van der Waals surface area (Å²) in [6.45, 7) is 1.81. The van der Waals surface area contributed by atoms with E-state index in [-0.39, 0.29) is 5.91 Å². The predicted octanol–water partition coefficient (Wildman–Crippen LogP) is 3.47. The molecule has 7 heteroatoms. The van der Waals surface area contributed by atoms with E-state index < -0.39 is 0 Å². The molecule has 2 aromatic carbocycles. The smallest absolute Gasteiger partial charge is 0.271 e. The number of carbonyl (C=O) groups excluding carboxylic acids is 1. The Morgan fingerprint density at radius 2 is 1.80 bits per heavy atom. The number of methoxy groups -OCH3 is 2. The van der Waals surface area contributed by atoms with E-state index in [2.05, 4.69) is 15.5 Å². The molecule has 0 unspecified atom stereocenters. The summed E-state index contributed by atoms with van der Waals surface area (Å²) in [5.41, 5.74) is 4.51. The van der Waals surface area contributed by atoms with E-state index >= 15 is 0 Å². The first-order valence-corrected chi connectivity index (χ1v) is 8.36. The van der Waals surface area contributed by atoms with E-state index in [4.69, 9.17) is 9.47 Å². The van der Waals surface area contributed by atoms with E-state index in [1.54, 1.807) is 18.2 Å². The van der Waals surface area contributed by atoms with Gasteiger partial charge in [0.05, 0.1) is 30.1 Å². The average molecular weight is 355 g/mol. The lowest BCUT2D eigenvalue weighted by Crippen LogP contribution is -2.19. The highest BCUT2D eigenvalue weighted by atomic mass is 32.1. The van der Waals surface area contributed by atoms with Gasteiger partial charge in [0, 0.05) is 11.6 Å². The highest BCUT2D eigenvalue weighted by Gasteiger charge is 2.11. The molecule has 0 saturated carbocycles. The lowest BCUT2D eigenvalue weighted by Gasteiger charge is -2.07. The maximum atomic E-state index is 12.3. The third kappa shape index (κ3) is 3.77. The van der Waals surface area contributed by atoms with Crippen molar-refractivity contribution in [2.75, 3.05) is 14.2 Å². The van der Waals surface area contributed by atoms with Crippen LogP contribution in [0.2, 0.25) is 0 Å². The molecular formula is C18H17N3O3S. The summed E-state index contributed by atoms with van der Waals surface area (Å²) in [6, 6.07) is 12.8. The Kier molecular flexibility index (Phi) is 4.95. The summed E-state index contributed by atoms with van der Waals surface area (Å²) in [4.78, 5) is 16.9. The molecule has 1 N–H and O–H groups in total. The molecule has 0 aliphatic carbocycles. The number of thiazole rings is 1. The number of hydrogen-bond donors (Lipinski definition) is 1. The topological polar surface area (TPSA) is 72.8 Å². The summed E-state index contributed by atoms with van der Waals surface area (Å²) in [6.07, 6.45) is 0. The van der Waals surface area contributed by atoms with Crippen molar-refractivity contribution in [2.45, 2.75) is 6.92 Å². The van der Waals surface area contributed by atoms with Crippen LogP contribution in [-0.2, 0) is 0 Å². The van der Waals surface area contributed by atoms with Gasteiger partial charge in [-0.2, -0.15) is 5.10 Å². The van der Waals surface area contributed by atoms with Crippen LogP contribution in [0.1, 0.15) is 22.3 Å². The van der Waals surface area contributed by atoms with Crippen molar-refractivity contribution in [1.29, 1.82) is 0 Å². The standard InChI is InChI=1S/C18H17N3O3S/c1-11(18-19-15-6-4-5-7-16(15)25-18)20-21-17(22)12-8-13(23-2)10-14(9-12)24-3/h4-10H,1-3H3,(H,21,22)/b20-11-. The molecule has 3 rings (SSSR count). The van der Waals surface area contributed by atoms with Gasteiger partial charge in [-0.25, -0.2) is 10.4 Å². The zero-order valence-electron chi connectivity index (χ0n) is 14.1. The van der Waals surface area contributed by atoms with E-state index in [0.29, 0.717) is 22.8 Å². The molecule has 0 bridgehead atoms. The second kappa shape index (κ2) is 7.31. The fourth-order valence-electron chi connectivity index (χ4n) is 2.21. The second-order valence-corrected chi connectivity index (χ2v) is 6.26. The first-order chi connectivity index (χ1) is 12.1. The lowest BCUT2D eigenvalue weighted by molar-refractivity contribution is 0.0954. The van der Waals surface area contributed by atoms with Gasteiger partial charge in [-0.15, -0.1) is 11.3 Å². The number of hydrogen-bond acceptors (Lipinski definition) is 6. The van der Waals surface area contributed by atoms with Gasteiger partial charge in [-0.1, -0.05) is 12.1 Å². The second-order valence-electron chi connectivity index (χ2n) is 5.23. The molecular weight excluding hydrogens is 338 g/mol. The van der Waals surface area contributed by atoms with Crippen LogP contribution in [0, 0.1) is 0 Å². The molecule has 0 aliphatic rings. The molecule has 0 aliphatic heterocycles. The van der Waals surface area contributed by atoms with Crippen molar-refractivity contribution in [1.82, 2.24) is 10.4 Å². The molecule has 0 fully saturated rings. The van der Waals surface area contributed by atoms with Crippen LogP contribution in [0.4, 0.5) is 0 Å². The van der Waals surface area contributed by atoms with Gasteiger partial charge in [-0.05, 0) is 31.2 Å². The Hall–Kier alpha value is -2.93. The largest absolute Gasteiger partial charge is 0.497 e. The number of ether oxygens (including phenoxy) is 2. The van der Waals surface area contributed by atoms with Crippen LogP contribution in [0.5, 0.6) is 11.5 Å². The van der Waals surface area contributed by atoms with Crippen molar-refractivity contribution in [3.05, 3.63) is 53.0 Å². The fraction of sp³-hybridized carbons (Fsp3) is 0.167. The Bertz CT molecular complexity index is 894. The number of benzene rings is 2. The van der Waals surface area contributed by atoms with Gasteiger partial charge in [-0.3, -0.25) is 4.79 Å². The van der Waals surface area contributed by atoms with Crippen molar-refractivity contribution < 1.29 is 14.3 Å². The molecule has 1 heterocycles. The minimum Gasteiger partial charge on any atom is -0.497 e. The molecule has 0 atom stereocenters. The van der Waals surface area contributed by atoms with Crippen molar-refractivity contribution in [3.8, 4) is 11.5 Å². The Balaban J connectivity index is 1.79. The maximum Gasteiger partial charge on any atom is 0.271 e. The summed E-state index contributed by atoms with van der Waals surface area (Å²) in [5, 5.41) is 4.93. The zero-order chi connectivity index (χ0) is 17.8. The molecule has 1 amide bonds. The van der Waals surface area contributed by atoms with E-state index in [1.165, 1.54) is 25.6 Å². The number of hydrazone groups is 1. The highest BCUT2D eigenvalue weighted by Crippen LogP contribution is 2.23. The lowest BCUT2D eigenvalue weighted by atomic mass is 10.2. The molecule has 0 spiro atoms. The van der Waals surface area contributed by atoms with Crippen LogP contribution < -0.4 is 14.9 Å². The average Bonchev–Trinajstić information content (AvgIpc) is 3.09. The highest BCUT2D eigenvalue weighted by molar-refractivity contribution is 7.20. The number of aromatic nitrogens is 1. The van der Waals surface area contributed by atoms with Crippen molar-refractivity contribution in [3.63, 3.8) is 0 Å². The summed E-state index contributed by atoms with van der Waals surface area (Å²) >= 11 is 1.53. The molecule has 3 aromatic rings. The van der Waals surface area contributed by atoms with E-state index in [1.807, 2.05) is 31.2 Å². The molecule has 6 nitrogen and oxygen atoms in total. The van der Waals surface area contributed by atoms with Crippen molar-refractivity contribution >= 4 is 33.2 Å². The first-order valence-electron chi connectivity index (χ1n) is 7.54. The monoisotopic (exact) mass is 355 g/mol. The van der Waals surface area contributed by atoms with Crippen LogP contribution >= 0.6 is 11.3 Å².